The molecule has 4 aromatic rings. The summed E-state index contributed by atoms with van der Waals surface area (Å²) in [5.41, 5.74) is 2.78. The summed E-state index contributed by atoms with van der Waals surface area (Å²) in [7, 11) is 3.08. The van der Waals surface area contributed by atoms with Gasteiger partial charge in [0.15, 0.2) is 0 Å². The highest BCUT2D eigenvalue weighted by atomic mass is 16.5. The van der Waals surface area contributed by atoms with Crippen molar-refractivity contribution in [3.8, 4) is 11.5 Å². The van der Waals surface area contributed by atoms with E-state index in [4.69, 9.17) is 9.47 Å². The van der Waals surface area contributed by atoms with E-state index < -0.39 is 11.6 Å². The smallest absolute Gasteiger partial charge is 0.249 e. The van der Waals surface area contributed by atoms with Crippen molar-refractivity contribution in [1.82, 2.24) is 20.3 Å². The summed E-state index contributed by atoms with van der Waals surface area (Å²) < 4.78 is 12.7. The third-order valence-corrected chi connectivity index (χ3v) is 6.09. The van der Waals surface area contributed by atoms with Gasteiger partial charge in [-0.2, -0.15) is 0 Å². The van der Waals surface area contributed by atoms with Gasteiger partial charge in [-0.15, -0.1) is 5.10 Å². The van der Waals surface area contributed by atoms with Crippen LogP contribution in [0.25, 0.3) is 11.0 Å². The number of ether oxygens (including phenoxy) is 2. The monoisotopic (exact) mass is 515 g/mol. The van der Waals surface area contributed by atoms with Crippen LogP contribution in [-0.2, 0) is 16.1 Å². The Bertz CT molecular complexity index is 1460. The summed E-state index contributed by atoms with van der Waals surface area (Å²) in [5, 5.41) is 11.4. The molecule has 3 aromatic carbocycles. The molecule has 1 N–H and O–H groups in total. The highest BCUT2D eigenvalue weighted by Gasteiger charge is 2.37. The minimum atomic E-state index is -1.07. The van der Waals surface area contributed by atoms with E-state index in [9.17, 15) is 9.59 Å². The molecule has 0 aliphatic heterocycles. The van der Waals surface area contributed by atoms with E-state index >= 15 is 0 Å². The molecular weight excluding hydrogens is 482 g/mol. The zero-order valence-corrected chi connectivity index (χ0v) is 22.6. The minimum Gasteiger partial charge on any atom is -0.497 e. The van der Waals surface area contributed by atoms with E-state index in [0.717, 1.165) is 11.1 Å². The molecule has 198 valence electrons. The lowest BCUT2D eigenvalue weighted by atomic mass is 9.98. The molecule has 0 fully saturated rings. The first-order valence-corrected chi connectivity index (χ1v) is 12.3. The van der Waals surface area contributed by atoms with Crippen molar-refractivity contribution in [2.75, 3.05) is 19.1 Å². The molecule has 1 aromatic heterocycles. The van der Waals surface area contributed by atoms with Gasteiger partial charge >= 0.3 is 0 Å². The number of aryl methyl sites for hydroxylation is 1. The first-order valence-electron chi connectivity index (χ1n) is 12.3. The van der Waals surface area contributed by atoms with Crippen LogP contribution < -0.4 is 19.7 Å². The van der Waals surface area contributed by atoms with Gasteiger partial charge in [0.05, 0.1) is 19.7 Å². The lowest BCUT2D eigenvalue weighted by Gasteiger charge is -2.35. The molecule has 0 spiro atoms. The standard InChI is InChI=1S/C29H33N5O4/c1-19-11-7-9-13-23(19)34(26(35)18-33-24-14-10-8-12-22(24)31-32-33)27(28(36)30-29(2,3)4)21-17-20(37-5)15-16-25(21)38-6/h7-17,27H,18H2,1-6H3,(H,30,36)/t27-/m0/s1. The van der Waals surface area contributed by atoms with Crippen molar-refractivity contribution in [2.24, 2.45) is 0 Å². The number of nitrogens with one attached hydrogen (secondary N) is 1. The Labute approximate surface area is 222 Å². The number of hydrogen-bond donors (Lipinski definition) is 1. The molecule has 0 saturated carbocycles. The maximum absolute atomic E-state index is 14.2. The van der Waals surface area contributed by atoms with Gasteiger partial charge in [-0.3, -0.25) is 14.5 Å². The molecule has 2 amide bonds. The number of methoxy groups -OCH3 is 2. The number of fused-ring (bicyclic) bond motifs is 1. The number of aromatic nitrogens is 3. The molecule has 0 unspecified atom stereocenters. The summed E-state index contributed by atoms with van der Waals surface area (Å²) in [6.45, 7) is 7.47. The topological polar surface area (TPSA) is 98.6 Å². The molecule has 9 heteroatoms. The van der Waals surface area contributed by atoms with Crippen molar-refractivity contribution in [3.63, 3.8) is 0 Å². The second-order valence-corrected chi connectivity index (χ2v) is 10.0. The van der Waals surface area contributed by atoms with Gasteiger partial charge in [-0.25, -0.2) is 4.68 Å². The van der Waals surface area contributed by atoms with Crippen molar-refractivity contribution in [1.29, 1.82) is 0 Å². The summed E-state index contributed by atoms with van der Waals surface area (Å²) in [4.78, 5) is 29.8. The van der Waals surface area contributed by atoms with Crippen LogP contribution in [0, 0.1) is 6.92 Å². The van der Waals surface area contributed by atoms with Crippen molar-refractivity contribution >= 4 is 28.5 Å². The number of para-hydroxylation sites is 2. The number of carbonyl (C=O) groups is 2. The predicted molar refractivity (Wildman–Crippen MR) is 146 cm³/mol. The third-order valence-electron chi connectivity index (χ3n) is 6.09. The number of amides is 2. The maximum Gasteiger partial charge on any atom is 0.249 e. The Morgan fingerprint density at radius 1 is 1.00 bits per heavy atom. The molecule has 9 nitrogen and oxygen atoms in total. The molecule has 1 atom stereocenters. The number of benzene rings is 3. The van der Waals surface area contributed by atoms with Gasteiger partial charge in [0, 0.05) is 16.8 Å². The predicted octanol–water partition coefficient (Wildman–Crippen LogP) is 4.45. The first-order chi connectivity index (χ1) is 18.1. The highest BCUT2D eigenvalue weighted by molar-refractivity contribution is 6.02. The van der Waals surface area contributed by atoms with Crippen LogP contribution in [0.1, 0.15) is 37.9 Å². The van der Waals surface area contributed by atoms with Gasteiger partial charge < -0.3 is 14.8 Å². The molecule has 0 aliphatic carbocycles. The average molecular weight is 516 g/mol. The SMILES string of the molecule is COc1ccc(OC)c([C@@H](C(=O)NC(C)(C)C)N(C(=O)Cn2nnc3ccccc32)c2ccccc2C)c1. The molecule has 0 aliphatic rings. The number of rotatable bonds is 8. The van der Waals surface area contributed by atoms with Crippen molar-refractivity contribution in [3.05, 3.63) is 77.9 Å². The van der Waals surface area contributed by atoms with Crippen LogP contribution in [0.5, 0.6) is 11.5 Å². The molecule has 0 saturated heterocycles. The van der Waals surface area contributed by atoms with E-state index in [2.05, 4.69) is 15.6 Å². The number of anilines is 1. The van der Waals surface area contributed by atoms with E-state index in [1.807, 2.05) is 76.2 Å². The zero-order chi connectivity index (χ0) is 27.4. The van der Waals surface area contributed by atoms with Gasteiger partial charge in [0.25, 0.3) is 0 Å². The molecular formula is C29H33N5O4. The Morgan fingerprint density at radius 3 is 2.39 bits per heavy atom. The van der Waals surface area contributed by atoms with Crippen LogP contribution in [-0.4, -0.2) is 46.6 Å². The quantitative estimate of drug-likeness (QED) is 0.372. The Hall–Kier alpha value is -4.40. The second-order valence-electron chi connectivity index (χ2n) is 10.0. The maximum atomic E-state index is 14.2. The van der Waals surface area contributed by atoms with Gasteiger partial charge in [0.1, 0.15) is 29.6 Å². The molecule has 0 radical (unpaired) electrons. The lowest BCUT2D eigenvalue weighted by molar-refractivity contribution is -0.128. The largest absolute Gasteiger partial charge is 0.497 e. The van der Waals surface area contributed by atoms with E-state index in [-0.39, 0.29) is 18.4 Å². The van der Waals surface area contributed by atoms with Crippen molar-refractivity contribution < 1.29 is 19.1 Å². The average Bonchev–Trinajstić information content (AvgIpc) is 3.29. The minimum absolute atomic E-state index is 0.125. The summed E-state index contributed by atoms with van der Waals surface area (Å²) in [6.07, 6.45) is 0. The van der Waals surface area contributed by atoms with Crippen LogP contribution in [0.3, 0.4) is 0 Å². The lowest BCUT2D eigenvalue weighted by Crippen LogP contribution is -2.50. The van der Waals surface area contributed by atoms with E-state index in [1.165, 1.54) is 12.0 Å². The van der Waals surface area contributed by atoms with Crippen molar-refractivity contribution in [2.45, 2.75) is 45.8 Å². The zero-order valence-electron chi connectivity index (χ0n) is 22.6. The van der Waals surface area contributed by atoms with Gasteiger partial charge in [0.2, 0.25) is 11.8 Å². The third kappa shape index (κ3) is 5.61. The molecule has 1 heterocycles. The highest BCUT2D eigenvalue weighted by Crippen LogP contribution is 2.37. The summed E-state index contributed by atoms with van der Waals surface area (Å²) in [5.74, 6) is 0.296. The number of carbonyl (C=O) groups excluding carboxylic acids is 2. The summed E-state index contributed by atoms with van der Waals surface area (Å²) >= 11 is 0. The Kier molecular flexibility index (Phi) is 7.66. The molecule has 38 heavy (non-hydrogen) atoms. The number of nitrogens with zero attached hydrogens (tertiary/aromatic N) is 4. The number of hydrogen-bond acceptors (Lipinski definition) is 6. The van der Waals surface area contributed by atoms with Crippen LogP contribution in [0.2, 0.25) is 0 Å². The van der Waals surface area contributed by atoms with Gasteiger partial charge in [-0.1, -0.05) is 35.5 Å². The molecule has 0 bridgehead atoms. The van der Waals surface area contributed by atoms with Gasteiger partial charge in [-0.05, 0) is 69.7 Å². The Balaban J connectivity index is 1.91. The van der Waals surface area contributed by atoms with Crippen LogP contribution in [0.15, 0.2) is 66.7 Å². The molecule has 4 rings (SSSR count). The Morgan fingerprint density at radius 2 is 1.71 bits per heavy atom. The fourth-order valence-electron chi connectivity index (χ4n) is 4.38. The normalized spacial score (nSPS) is 12.2. The second kappa shape index (κ2) is 10.9. The van der Waals surface area contributed by atoms with E-state index in [0.29, 0.717) is 28.3 Å². The van der Waals surface area contributed by atoms with Crippen LogP contribution >= 0.6 is 0 Å². The fourth-order valence-corrected chi connectivity index (χ4v) is 4.38. The first kappa shape index (κ1) is 26.7. The fraction of sp³-hybridized carbons (Fsp3) is 0.310. The summed E-state index contributed by atoms with van der Waals surface area (Å²) in [6, 6.07) is 19.0. The van der Waals surface area contributed by atoms with Crippen LogP contribution in [0.4, 0.5) is 5.69 Å². The van der Waals surface area contributed by atoms with E-state index in [1.54, 1.807) is 30.0 Å².